The molecule has 278 valence electrons. The average Bonchev–Trinajstić information content (AvgIpc) is 3.68. The van der Waals surface area contributed by atoms with Gasteiger partial charge in [-0.05, 0) is 93.3 Å². The summed E-state index contributed by atoms with van der Waals surface area (Å²) in [5.74, 6) is 3.31. The van der Waals surface area contributed by atoms with E-state index >= 15 is 0 Å². The molecule has 0 radical (unpaired) electrons. The zero-order valence-corrected chi connectivity index (χ0v) is 34.2. The number of nitrogens with zero attached hydrogens (tertiary/aromatic N) is 4. The molecule has 0 bridgehead atoms. The molecule has 3 aromatic heterocycles. The van der Waals surface area contributed by atoms with Crippen LogP contribution in [-0.4, -0.2) is 19.3 Å². The van der Waals surface area contributed by atoms with E-state index in [0.29, 0.717) is 5.92 Å². The van der Waals surface area contributed by atoms with Gasteiger partial charge in [0.05, 0.1) is 28.1 Å². The minimum absolute atomic E-state index is 0.0136. The Kier molecular flexibility index (Phi) is 9.58. The smallest absolute Gasteiger partial charge is 0.137 e. The summed E-state index contributed by atoms with van der Waals surface area (Å²) in [7, 11) is 0. The standard InChI is InChI=1S/C49H56N4O/c1-30(2)33-22-23-50-44(26-33)52-42-19-14-13-18-40(42)41-21-20-39(29-43(41)52)54-38-17-15-16-37(28-38)53-47(32(5)6)45(46(51-53)31(3)4)34-24-35(48(7,8)9)27-36(25-34)49(10,11)12/h13-32H,1-12H3. The molecule has 7 rings (SSSR count). The van der Waals surface area contributed by atoms with Crippen LogP contribution in [0.15, 0.2) is 103 Å². The topological polar surface area (TPSA) is 44.9 Å². The third-order valence-corrected chi connectivity index (χ3v) is 10.6. The molecule has 3 heterocycles. The number of aromatic nitrogens is 4. The van der Waals surface area contributed by atoms with Gasteiger partial charge in [-0.1, -0.05) is 126 Å². The van der Waals surface area contributed by atoms with E-state index in [2.05, 4.69) is 183 Å². The van der Waals surface area contributed by atoms with Gasteiger partial charge in [-0.2, -0.15) is 5.10 Å². The summed E-state index contributed by atoms with van der Waals surface area (Å²) in [5.41, 5.74) is 12.0. The van der Waals surface area contributed by atoms with Crippen molar-refractivity contribution in [1.82, 2.24) is 19.3 Å². The molecule has 0 unspecified atom stereocenters. The highest BCUT2D eigenvalue weighted by Crippen LogP contribution is 2.42. The zero-order chi connectivity index (χ0) is 38.7. The van der Waals surface area contributed by atoms with Gasteiger partial charge in [-0.25, -0.2) is 9.67 Å². The van der Waals surface area contributed by atoms with Crippen molar-refractivity contribution in [2.45, 2.75) is 112 Å². The lowest BCUT2D eigenvalue weighted by atomic mass is 9.78. The first kappa shape index (κ1) is 37.2. The van der Waals surface area contributed by atoms with Crippen LogP contribution in [0.25, 0.3) is 44.4 Å². The largest absolute Gasteiger partial charge is 0.457 e. The summed E-state index contributed by atoms with van der Waals surface area (Å²) in [6, 6.07) is 34.8. The molecule has 0 aliphatic carbocycles. The highest BCUT2D eigenvalue weighted by atomic mass is 16.5. The third kappa shape index (κ3) is 6.97. The number of hydrogen-bond donors (Lipinski definition) is 0. The van der Waals surface area contributed by atoms with Crippen molar-refractivity contribution in [3.8, 4) is 34.1 Å². The Morgan fingerprint density at radius 3 is 1.91 bits per heavy atom. The van der Waals surface area contributed by atoms with Crippen molar-refractivity contribution < 1.29 is 4.74 Å². The highest BCUT2D eigenvalue weighted by molar-refractivity contribution is 6.09. The Balaban J connectivity index is 1.34. The van der Waals surface area contributed by atoms with Crippen molar-refractivity contribution >= 4 is 21.8 Å². The first-order valence-electron chi connectivity index (χ1n) is 19.6. The van der Waals surface area contributed by atoms with E-state index < -0.39 is 0 Å². The predicted octanol–water partition coefficient (Wildman–Crippen LogP) is 13.8. The van der Waals surface area contributed by atoms with Gasteiger partial charge in [0.15, 0.2) is 0 Å². The molecular weight excluding hydrogens is 661 g/mol. The molecule has 0 saturated heterocycles. The van der Waals surface area contributed by atoms with E-state index in [0.717, 1.165) is 39.7 Å². The first-order valence-corrected chi connectivity index (χ1v) is 19.6. The van der Waals surface area contributed by atoms with Crippen LogP contribution in [0, 0.1) is 0 Å². The van der Waals surface area contributed by atoms with Gasteiger partial charge in [-0.3, -0.25) is 4.57 Å². The molecular formula is C49H56N4O. The molecule has 0 saturated carbocycles. The molecule has 4 aromatic carbocycles. The van der Waals surface area contributed by atoms with Gasteiger partial charge in [-0.15, -0.1) is 0 Å². The van der Waals surface area contributed by atoms with E-state index in [1.165, 1.54) is 44.3 Å². The van der Waals surface area contributed by atoms with Crippen LogP contribution in [0.2, 0.25) is 0 Å². The van der Waals surface area contributed by atoms with Crippen molar-refractivity contribution in [3.05, 3.63) is 131 Å². The summed E-state index contributed by atoms with van der Waals surface area (Å²) in [4.78, 5) is 4.83. The molecule has 0 N–H and O–H groups in total. The van der Waals surface area contributed by atoms with Crippen LogP contribution < -0.4 is 4.74 Å². The average molecular weight is 717 g/mol. The second kappa shape index (κ2) is 13.9. The molecule has 54 heavy (non-hydrogen) atoms. The fraction of sp³-hybridized carbons (Fsp3) is 0.347. The Bertz CT molecular complexity index is 2450. The van der Waals surface area contributed by atoms with Crippen molar-refractivity contribution in [2.24, 2.45) is 0 Å². The lowest BCUT2D eigenvalue weighted by Gasteiger charge is -2.27. The summed E-state index contributed by atoms with van der Waals surface area (Å²) < 4.78 is 11.1. The van der Waals surface area contributed by atoms with Crippen LogP contribution in [0.3, 0.4) is 0 Å². The van der Waals surface area contributed by atoms with Crippen LogP contribution in [-0.2, 0) is 10.8 Å². The van der Waals surface area contributed by atoms with Crippen LogP contribution in [0.5, 0.6) is 11.5 Å². The number of fused-ring (bicyclic) bond motifs is 3. The summed E-state index contributed by atoms with van der Waals surface area (Å²) >= 11 is 0. The number of ether oxygens (including phenoxy) is 1. The molecule has 0 spiro atoms. The maximum atomic E-state index is 6.70. The first-order chi connectivity index (χ1) is 25.5. The molecule has 7 aromatic rings. The number of hydrogen-bond acceptors (Lipinski definition) is 3. The Morgan fingerprint density at radius 1 is 0.593 bits per heavy atom. The zero-order valence-electron chi connectivity index (χ0n) is 34.2. The number of pyridine rings is 1. The molecule has 0 aliphatic heterocycles. The number of benzene rings is 4. The molecule has 0 aliphatic rings. The van der Waals surface area contributed by atoms with E-state index in [1.807, 2.05) is 12.3 Å². The van der Waals surface area contributed by atoms with Crippen molar-refractivity contribution in [2.75, 3.05) is 0 Å². The quantitative estimate of drug-likeness (QED) is 0.157. The van der Waals surface area contributed by atoms with Crippen LogP contribution in [0.1, 0.15) is 129 Å². The lowest BCUT2D eigenvalue weighted by molar-refractivity contribution is 0.482. The van der Waals surface area contributed by atoms with Crippen LogP contribution >= 0.6 is 0 Å². The van der Waals surface area contributed by atoms with E-state index in [9.17, 15) is 0 Å². The van der Waals surface area contributed by atoms with Crippen molar-refractivity contribution in [1.29, 1.82) is 0 Å². The predicted molar refractivity (Wildman–Crippen MR) is 227 cm³/mol. The fourth-order valence-electron chi connectivity index (χ4n) is 7.51. The highest BCUT2D eigenvalue weighted by Gasteiger charge is 2.28. The van der Waals surface area contributed by atoms with Crippen LogP contribution in [0.4, 0.5) is 0 Å². The molecule has 0 fully saturated rings. The lowest BCUT2D eigenvalue weighted by Crippen LogP contribution is -2.16. The summed E-state index contributed by atoms with van der Waals surface area (Å²) in [6.07, 6.45) is 1.92. The Labute approximate surface area is 322 Å². The molecule has 0 atom stereocenters. The van der Waals surface area contributed by atoms with E-state index in [1.54, 1.807) is 0 Å². The third-order valence-electron chi connectivity index (χ3n) is 10.6. The SMILES string of the molecule is CC(C)c1ccnc(-n2c3ccccc3c3ccc(Oc4cccc(-n5nc(C(C)C)c(-c6cc(C(C)(C)C)cc(C(C)(C)C)c6)c5C(C)C)c4)cc32)c1. The maximum Gasteiger partial charge on any atom is 0.137 e. The number of para-hydroxylation sites is 1. The van der Waals surface area contributed by atoms with Gasteiger partial charge >= 0.3 is 0 Å². The Hall–Kier alpha value is -5.16. The second-order valence-electron chi connectivity index (χ2n) is 17.9. The van der Waals surface area contributed by atoms with Gasteiger partial charge < -0.3 is 4.74 Å². The summed E-state index contributed by atoms with van der Waals surface area (Å²) in [5, 5.41) is 7.75. The fourth-order valence-corrected chi connectivity index (χ4v) is 7.51. The van der Waals surface area contributed by atoms with E-state index in [4.69, 9.17) is 14.8 Å². The molecule has 5 nitrogen and oxygen atoms in total. The van der Waals surface area contributed by atoms with Gasteiger partial charge in [0.1, 0.15) is 17.3 Å². The minimum Gasteiger partial charge on any atom is -0.457 e. The molecule has 5 heteroatoms. The Morgan fingerprint density at radius 2 is 1.26 bits per heavy atom. The minimum atomic E-state index is 0.0136. The van der Waals surface area contributed by atoms with Gasteiger partial charge in [0.25, 0.3) is 0 Å². The maximum absolute atomic E-state index is 6.70. The monoisotopic (exact) mass is 716 g/mol. The summed E-state index contributed by atoms with van der Waals surface area (Å²) in [6.45, 7) is 27.3. The van der Waals surface area contributed by atoms with Gasteiger partial charge in [0.2, 0.25) is 0 Å². The van der Waals surface area contributed by atoms with E-state index in [-0.39, 0.29) is 22.7 Å². The van der Waals surface area contributed by atoms with Crippen molar-refractivity contribution in [3.63, 3.8) is 0 Å². The van der Waals surface area contributed by atoms with Gasteiger partial charge in [0, 0.05) is 34.7 Å². The normalized spacial score (nSPS) is 12.6. The number of rotatable bonds is 8. The molecule has 0 amide bonds. The second-order valence-corrected chi connectivity index (χ2v) is 17.9.